The van der Waals surface area contributed by atoms with Crippen molar-refractivity contribution in [1.82, 2.24) is 30.3 Å². The first-order chi connectivity index (χ1) is 22.2. The number of pyridine rings is 1. The fourth-order valence-corrected chi connectivity index (χ4v) is 5.75. The SMILES string of the molecule is COc1ccc2c(OCC[C@@H]3NC(=O)N(C)CCCC/C=C\[C@@H]4C[C@@]4(C(=O)O)NC3=O)cc(-c3cc(C(F)(F)F)nn3C)nc2c1C. The van der Waals surface area contributed by atoms with Crippen molar-refractivity contribution in [3.8, 4) is 22.9 Å². The fraction of sp³-hybridized carbons (Fsp3) is 0.469. The van der Waals surface area contributed by atoms with Crippen LogP contribution >= 0.6 is 0 Å². The standard InChI is InChI=1S/C32H37F3N6O6/c1-18-24(46-4)11-10-20-25(15-22(36-27(18)20)23-16-26(32(33,34)35)39-41(23)3)47-14-12-21-28(42)38-31(29(43)44)17-19(31)9-7-5-6-8-13-40(2)30(45)37-21/h7,9-11,15-16,19,21H,5-6,8,12-14,17H2,1-4H3,(H,37,45)(H,38,42)(H,43,44)/b9-7-/t19-,21+,31-/m1/s1. The van der Waals surface area contributed by atoms with Crippen molar-refractivity contribution >= 4 is 28.8 Å². The van der Waals surface area contributed by atoms with Gasteiger partial charge in [-0.25, -0.2) is 14.6 Å². The summed E-state index contributed by atoms with van der Waals surface area (Å²) in [6.45, 7) is 2.11. The number of aryl methyl sites for hydroxylation is 2. The molecular weight excluding hydrogens is 621 g/mol. The fourth-order valence-electron chi connectivity index (χ4n) is 5.75. The average Bonchev–Trinajstić information content (AvgIpc) is 3.57. The van der Waals surface area contributed by atoms with Gasteiger partial charge >= 0.3 is 18.2 Å². The van der Waals surface area contributed by atoms with Crippen LogP contribution in [0, 0.1) is 12.8 Å². The van der Waals surface area contributed by atoms with Crippen LogP contribution in [0.15, 0.2) is 36.4 Å². The zero-order chi connectivity index (χ0) is 34.1. The van der Waals surface area contributed by atoms with Crippen LogP contribution in [0.1, 0.15) is 43.4 Å². The molecule has 0 radical (unpaired) electrons. The number of methoxy groups -OCH3 is 1. The zero-order valence-corrected chi connectivity index (χ0v) is 26.5. The highest BCUT2D eigenvalue weighted by molar-refractivity contribution is 5.94. The van der Waals surface area contributed by atoms with Crippen LogP contribution in [-0.2, 0) is 22.8 Å². The number of urea groups is 1. The van der Waals surface area contributed by atoms with Crippen LogP contribution in [0.4, 0.5) is 18.0 Å². The first-order valence-electron chi connectivity index (χ1n) is 15.2. The number of allylic oxidation sites excluding steroid dienone is 1. The molecule has 0 spiro atoms. The molecule has 3 aromatic rings. The molecule has 3 atom stereocenters. The average molecular weight is 659 g/mol. The number of hydrogen-bond acceptors (Lipinski definition) is 7. The monoisotopic (exact) mass is 658 g/mol. The molecule has 1 aliphatic carbocycles. The van der Waals surface area contributed by atoms with E-state index >= 15 is 0 Å². The van der Waals surface area contributed by atoms with Gasteiger partial charge in [0.2, 0.25) is 5.91 Å². The van der Waals surface area contributed by atoms with Gasteiger partial charge in [0, 0.05) is 50.0 Å². The summed E-state index contributed by atoms with van der Waals surface area (Å²) in [5.41, 5.74) is -1.22. The number of fused-ring (bicyclic) bond motifs is 2. The highest BCUT2D eigenvalue weighted by Gasteiger charge is 2.60. The number of carbonyl (C=O) groups is 3. The molecule has 3 heterocycles. The van der Waals surface area contributed by atoms with Crippen molar-refractivity contribution in [2.45, 2.75) is 56.8 Å². The molecule has 0 unspecified atom stereocenters. The van der Waals surface area contributed by atoms with E-state index < -0.39 is 41.4 Å². The van der Waals surface area contributed by atoms with Crippen LogP contribution in [0.25, 0.3) is 22.3 Å². The van der Waals surface area contributed by atoms with Gasteiger partial charge in [0.1, 0.15) is 23.1 Å². The number of carboxylic acids is 1. The van der Waals surface area contributed by atoms with E-state index in [9.17, 15) is 32.7 Å². The van der Waals surface area contributed by atoms with Crippen molar-refractivity contribution in [2.75, 3.05) is 27.3 Å². The molecule has 0 saturated heterocycles. The second-order valence-electron chi connectivity index (χ2n) is 11.9. The smallest absolute Gasteiger partial charge is 0.435 e. The molecular formula is C32H37F3N6O6. The quantitative estimate of drug-likeness (QED) is 0.316. The number of ether oxygens (including phenoxy) is 2. The Kier molecular flexibility index (Phi) is 9.36. The summed E-state index contributed by atoms with van der Waals surface area (Å²) >= 11 is 0. The first kappa shape index (κ1) is 33.5. The highest BCUT2D eigenvalue weighted by Crippen LogP contribution is 2.45. The number of aromatic nitrogens is 3. The van der Waals surface area contributed by atoms with Gasteiger partial charge in [-0.1, -0.05) is 12.2 Å². The van der Waals surface area contributed by atoms with E-state index in [0.717, 1.165) is 30.0 Å². The number of nitrogens with one attached hydrogen (secondary N) is 2. The molecule has 0 bridgehead atoms. The summed E-state index contributed by atoms with van der Waals surface area (Å²) in [6, 6.07) is 4.18. The Labute approximate surface area is 268 Å². The largest absolute Gasteiger partial charge is 0.496 e. The van der Waals surface area contributed by atoms with Crippen LogP contribution in [0.3, 0.4) is 0 Å². The number of nitrogens with zero attached hydrogens (tertiary/aromatic N) is 4. The van der Waals surface area contributed by atoms with E-state index in [0.29, 0.717) is 28.8 Å². The molecule has 252 valence electrons. The summed E-state index contributed by atoms with van der Waals surface area (Å²) in [5, 5.41) is 19.5. The summed E-state index contributed by atoms with van der Waals surface area (Å²) in [7, 11) is 4.48. The molecule has 5 rings (SSSR count). The predicted octanol–water partition coefficient (Wildman–Crippen LogP) is 4.45. The summed E-state index contributed by atoms with van der Waals surface area (Å²) in [6.07, 6.45) is 1.55. The Morgan fingerprint density at radius 3 is 2.62 bits per heavy atom. The normalized spacial score (nSPS) is 22.9. The molecule has 1 saturated carbocycles. The van der Waals surface area contributed by atoms with Crippen molar-refractivity contribution < 1.29 is 42.1 Å². The van der Waals surface area contributed by atoms with Gasteiger partial charge in [-0.15, -0.1) is 0 Å². The minimum Gasteiger partial charge on any atom is -0.496 e. The third-order valence-corrected chi connectivity index (χ3v) is 8.65. The van der Waals surface area contributed by atoms with Gasteiger partial charge in [-0.05, 0) is 50.8 Å². The van der Waals surface area contributed by atoms with Gasteiger partial charge in [0.05, 0.1) is 30.6 Å². The Morgan fingerprint density at radius 1 is 1.17 bits per heavy atom. The maximum Gasteiger partial charge on any atom is 0.435 e. The minimum absolute atomic E-state index is 0.0418. The van der Waals surface area contributed by atoms with E-state index in [4.69, 9.17) is 9.47 Å². The molecule has 12 nitrogen and oxygen atoms in total. The second kappa shape index (κ2) is 13.1. The third kappa shape index (κ3) is 6.98. The Bertz CT molecular complexity index is 1720. The maximum atomic E-state index is 13.5. The number of benzene rings is 1. The van der Waals surface area contributed by atoms with Crippen LogP contribution in [-0.4, -0.2) is 81.6 Å². The van der Waals surface area contributed by atoms with Crippen LogP contribution in [0.2, 0.25) is 0 Å². The van der Waals surface area contributed by atoms with E-state index in [2.05, 4.69) is 20.7 Å². The molecule has 2 aliphatic rings. The van der Waals surface area contributed by atoms with Crippen LogP contribution in [0.5, 0.6) is 11.5 Å². The van der Waals surface area contributed by atoms with Crippen LogP contribution < -0.4 is 20.1 Å². The predicted molar refractivity (Wildman–Crippen MR) is 165 cm³/mol. The van der Waals surface area contributed by atoms with Gasteiger partial charge in [0.25, 0.3) is 0 Å². The Morgan fingerprint density at radius 2 is 1.94 bits per heavy atom. The Balaban J connectivity index is 1.44. The highest BCUT2D eigenvalue weighted by atomic mass is 19.4. The Hall–Kier alpha value is -4.82. The summed E-state index contributed by atoms with van der Waals surface area (Å²) < 4.78 is 53.0. The second-order valence-corrected chi connectivity index (χ2v) is 11.9. The van der Waals surface area contributed by atoms with Crippen molar-refractivity contribution in [1.29, 1.82) is 0 Å². The van der Waals surface area contributed by atoms with Gasteiger partial charge in [0.15, 0.2) is 5.69 Å². The van der Waals surface area contributed by atoms with E-state index in [1.54, 1.807) is 26.1 Å². The number of rotatable bonds is 7. The van der Waals surface area contributed by atoms with E-state index in [1.807, 2.05) is 12.2 Å². The molecule has 3 N–H and O–H groups in total. The van der Waals surface area contributed by atoms with Crippen molar-refractivity contribution in [3.05, 3.63) is 47.7 Å². The van der Waals surface area contributed by atoms with E-state index in [-0.39, 0.29) is 42.5 Å². The summed E-state index contributed by atoms with van der Waals surface area (Å²) in [5.74, 6) is -1.41. The van der Waals surface area contributed by atoms with Crippen molar-refractivity contribution in [3.63, 3.8) is 0 Å². The number of carbonyl (C=O) groups excluding carboxylic acids is 2. The molecule has 47 heavy (non-hydrogen) atoms. The lowest BCUT2D eigenvalue weighted by atomic mass is 10.1. The lowest BCUT2D eigenvalue weighted by Crippen LogP contribution is -2.55. The van der Waals surface area contributed by atoms with Crippen molar-refractivity contribution in [2.24, 2.45) is 13.0 Å². The number of carboxylic acid groups (broad SMARTS) is 1. The maximum absolute atomic E-state index is 13.5. The number of halogens is 3. The first-order valence-corrected chi connectivity index (χ1v) is 15.2. The minimum atomic E-state index is -4.66. The molecule has 15 heteroatoms. The van der Waals surface area contributed by atoms with Gasteiger partial charge < -0.3 is 30.1 Å². The number of alkyl halides is 3. The lowest BCUT2D eigenvalue weighted by molar-refractivity contribution is -0.143. The van der Waals surface area contributed by atoms with E-state index in [1.165, 1.54) is 25.1 Å². The number of amides is 3. The van der Waals surface area contributed by atoms with Gasteiger partial charge in [-0.3, -0.25) is 9.48 Å². The molecule has 2 aromatic heterocycles. The topological polar surface area (TPSA) is 148 Å². The van der Waals surface area contributed by atoms with Gasteiger partial charge in [-0.2, -0.15) is 18.3 Å². The molecule has 1 aromatic carbocycles. The summed E-state index contributed by atoms with van der Waals surface area (Å²) in [4.78, 5) is 44.8. The third-order valence-electron chi connectivity index (χ3n) is 8.65. The molecule has 1 aliphatic heterocycles. The zero-order valence-electron chi connectivity index (χ0n) is 26.5. The number of hydrogen-bond donors (Lipinski definition) is 3. The number of aliphatic carboxylic acids is 1. The lowest BCUT2D eigenvalue weighted by Gasteiger charge is -2.25. The molecule has 1 fully saturated rings. The molecule has 3 amide bonds.